The van der Waals surface area contributed by atoms with Crippen LogP contribution in [-0.4, -0.2) is 10.1 Å². The molecular formula is C20H19F2N3OS. The van der Waals surface area contributed by atoms with Crippen molar-refractivity contribution in [3.05, 3.63) is 77.4 Å². The second-order valence-corrected chi connectivity index (χ2v) is 7.95. The minimum atomic E-state index is -0.572. The fourth-order valence-electron chi connectivity index (χ4n) is 3.36. The van der Waals surface area contributed by atoms with Crippen LogP contribution >= 0.6 is 11.8 Å². The van der Waals surface area contributed by atoms with Gasteiger partial charge in [0.15, 0.2) is 5.82 Å². The Balaban J connectivity index is 1.71. The van der Waals surface area contributed by atoms with Crippen molar-refractivity contribution in [2.75, 3.05) is 0 Å². The van der Waals surface area contributed by atoms with Gasteiger partial charge in [0.05, 0.1) is 5.54 Å². The Morgan fingerprint density at radius 2 is 1.81 bits per heavy atom. The van der Waals surface area contributed by atoms with Crippen LogP contribution in [0.3, 0.4) is 0 Å². The Labute approximate surface area is 160 Å². The molecule has 140 valence electrons. The van der Waals surface area contributed by atoms with Crippen LogP contribution in [0.1, 0.15) is 48.2 Å². The van der Waals surface area contributed by atoms with Gasteiger partial charge in [-0.25, -0.2) is 8.78 Å². The first-order valence-electron chi connectivity index (χ1n) is 8.85. The second-order valence-electron chi connectivity index (χ2n) is 6.80. The zero-order valence-corrected chi connectivity index (χ0v) is 15.4. The van der Waals surface area contributed by atoms with Gasteiger partial charge in [0.2, 0.25) is 5.89 Å². The van der Waals surface area contributed by atoms with Gasteiger partial charge in [-0.1, -0.05) is 48.3 Å². The molecule has 1 atom stereocenters. The molecule has 2 aromatic carbocycles. The van der Waals surface area contributed by atoms with Gasteiger partial charge in [0, 0.05) is 4.90 Å². The third kappa shape index (κ3) is 3.75. The number of aromatic nitrogens is 2. The predicted molar refractivity (Wildman–Crippen MR) is 99.1 cm³/mol. The molecule has 4 rings (SSSR count). The highest BCUT2D eigenvalue weighted by atomic mass is 32.2. The average molecular weight is 387 g/mol. The highest BCUT2D eigenvalue weighted by molar-refractivity contribution is 7.99. The predicted octanol–water partition coefficient (Wildman–Crippen LogP) is 4.96. The van der Waals surface area contributed by atoms with E-state index < -0.39 is 22.4 Å². The number of rotatable bonds is 5. The molecule has 1 aromatic heterocycles. The van der Waals surface area contributed by atoms with E-state index in [9.17, 15) is 8.78 Å². The largest absolute Gasteiger partial charge is 0.338 e. The molecule has 1 heterocycles. The molecule has 0 radical (unpaired) electrons. The van der Waals surface area contributed by atoms with Gasteiger partial charge >= 0.3 is 0 Å². The van der Waals surface area contributed by atoms with E-state index in [2.05, 4.69) is 10.1 Å². The third-order valence-corrected chi connectivity index (χ3v) is 6.12. The first kappa shape index (κ1) is 18.1. The molecule has 4 nitrogen and oxygen atoms in total. The number of hydrogen-bond donors (Lipinski definition) is 1. The summed E-state index contributed by atoms with van der Waals surface area (Å²) >= 11 is 1.14. The molecule has 27 heavy (non-hydrogen) atoms. The molecule has 1 fully saturated rings. The first-order valence-corrected chi connectivity index (χ1v) is 9.73. The van der Waals surface area contributed by atoms with E-state index in [1.807, 2.05) is 30.3 Å². The summed E-state index contributed by atoms with van der Waals surface area (Å²) in [6.07, 6.45) is 3.69. The van der Waals surface area contributed by atoms with Crippen molar-refractivity contribution in [3.8, 4) is 0 Å². The second kappa shape index (κ2) is 7.40. The van der Waals surface area contributed by atoms with Gasteiger partial charge in [0.1, 0.15) is 16.9 Å². The highest BCUT2D eigenvalue weighted by Gasteiger charge is 2.37. The third-order valence-electron chi connectivity index (χ3n) is 4.85. The summed E-state index contributed by atoms with van der Waals surface area (Å²) < 4.78 is 33.3. The lowest BCUT2D eigenvalue weighted by atomic mass is 9.99. The van der Waals surface area contributed by atoms with Crippen molar-refractivity contribution in [2.24, 2.45) is 5.73 Å². The van der Waals surface area contributed by atoms with Gasteiger partial charge in [0.25, 0.3) is 0 Å². The van der Waals surface area contributed by atoms with Crippen LogP contribution in [0, 0.1) is 11.6 Å². The maximum Gasteiger partial charge on any atom is 0.244 e. The Morgan fingerprint density at radius 1 is 1.07 bits per heavy atom. The van der Waals surface area contributed by atoms with Crippen molar-refractivity contribution in [3.63, 3.8) is 0 Å². The monoisotopic (exact) mass is 387 g/mol. The maximum atomic E-state index is 14.2. The standard InChI is InChI=1S/C20H19F2N3OS/c21-14-8-9-15(22)16(12-14)27-17(13-6-2-1-3-7-13)18-24-19(25-26-18)20(23)10-4-5-11-20/h1-3,6-9,12,17H,4-5,10-11,23H2. The molecule has 3 aromatic rings. The lowest BCUT2D eigenvalue weighted by molar-refractivity contribution is 0.351. The molecule has 0 amide bonds. The Hall–Kier alpha value is -2.25. The van der Waals surface area contributed by atoms with Gasteiger partial charge in [-0.15, -0.1) is 11.8 Å². The van der Waals surface area contributed by atoms with Gasteiger partial charge < -0.3 is 10.3 Å². The SMILES string of the molecule is NC1(c2noc(C(Sc3cc(F)ccc3F)c3ccccc3)n2)CCCC1. The van der Waals surface area contributed by atoms with Crippen LogP contribution in [0.25, 0.3) is 0 Å². The van der Waals surface area contributed by atoms with Crippen LogP contribution in [0.4, 0.5) is 8.78 Å². The number of nitrogens with two attached hydrogens (primary N) is 1. The molecule has 1 unspecified atom stereocenters. The molecule has 1 saturated carbocycles. The summed E-state index contributed by atoms with van der Waals surface area (Å²) in [4.78, 5) is 4.74. The average Bonchev–Trinajstić information content (AvgIpc) is 3.33. The molecule has 2 N–H and O–H groups in total. The van der Waals surface area contributed by atoms with Crippen molar-refractivity contribution in [1.82, 2.24) is 10.1 Å². The highest BCUT2D eigenvalue weighted by Crippen LogP contribution is 2.42. The van der Waals surface area contributed by atoms with Crippen LogP contribution < -0.4 is 5.73 Å². The molecule has 0 aliphatic heterocycles. The number of thioether (sulfide) groups is 1. The van der Waals surface area contributed by atoms with Gasteiger partial charge in [-0.05, 0) is 36.6 Å². The molecule has 0 bridgehead atoms. The maximum absolute atomic E-state index is 14.2. The molecule has 0 saturated heterocycles. The summed E-state index contributed by atoms with van der Waals surface area (Å²) in [6, 6.07) is 12.8. The van der Waals surface area contributed by atoms with Gasteiger partial charge in [-0.3, -0.25) is 0 Å². The smallest absolute Gasteiger partial charge is 0.244 e. The van der Waals surface area contributed by atoms with Crippen LogP contribution in [-0.2, 0) is 5.54 Å². The molecular weight excluding hydrogens is 368 g/mol. The Kier molecular flexibility index (Phi) is 4.97. The van der Waals surface area contributed by atoms with Crippen molar-refractivity contribution >= 4 is 11.8 Å². The first-order chi connectivity index (χ1) is 13.0. The van der Waals surface area contributed by atoms with Crippen molar-refractivity contribution < 1.29 is 13.3 Å². The van der Waals surface area contributed by atoms with Crippen LogP contribution in [0.15, 0.2) is 57.9 Å². The van der Waals surface area contributed by atoms with E-state index in [4.69, 9.17) is 10.3 Å². The fraction of sp³-hybridized carbons (Fsp3) is 0.300. The van der Waals surface area contributed by atoms with Crippen molar-refractivity contribution in [2.45, 2.75) is 41.4 Å². The summed E-state index contributed by atoms with van der Waals surface area (Å²) in [5, 5.41) is 3.64. The molecule has 7 heteroatoms. The summed E-state index contributed by atoms with van der Waals surface area (Å²) in [7, 11) is 0. The Morgan fingerprint density at radius 3 is 2.56 bits per heavy atom. The van der Waals surface area contributed by atoms with E-state index in [1.54, 1.807) is 0 Å². The minimum Gasteiger partial charge on any atom is -0.338 e. The molecule has 0 spiro atoms. The summed E-state index contributed by atoms with van der Waals surface area (Å²) in [5.74, 6) is -0.171. The molecule has 1 aliphatic rings. The Bertz CT molecular complexity index is 926. The number of hydrogen-bond acceptors (Lipinski definition) is 5. The lowest BCUT2D eigenvalue weighted by Crippen LogP contribution is -2.34. The summed E-state index contributed by atoms with van der Waals surface area (Å²) in [5.41, 5.74) is 6.72. The normalized spacial score (nSPS) is 17.1. The zero-order chi connectivity index (χ0) is 18.9. The van der Waals surface area contributed by atoms with E-state index in [-0.39, 0.29) is 4.90 Å². The van der Waals surface area contributed by atoms with E-state index in [0.717, 1.165) is 55.1 Å². The van der Waals surface area contributed by atoms with Crippen LogP contribution in [0.2, 0.25) is 0 Å². The molecule has 1 aliphatic carbocycles. The van der Waals surface area contributed by atoms with Gasteiger partial charge in [-0.2, -0.15) is 4.98 Å². The minimum absolute atomic E-state index is 0.187. The zero-order valence-electron chi connectivity index (χ0n) is 14.6. The van der Waals surface area contributed by atoms with E-state index >= 15 is 0 Å². The fourth-order valence-corrected chi connectivity index (χ4v) is 4.46. The van der Waals surface area contributed by atoms with E-state index in [0.29, 0.717) is 11.7 Å². The summed E-state index contributed by atoms with van der Waals surface area (Å²) in [6.45, 7) is 0. The van der Waals surface area contributed by atoms with E-state index in [1.165, 1.54) is 6.07 Å². The number of nitrogens with zero attached hydrogens (tertiary/aromatic N) is 2. The quantitative estimate of drug-likeness (QED) is 0.627. The van der Waals surface area contributed by atoms with Crippen molar-refractivity contribution in [1.29, 1.82) is 0 Å². The number of benzene rings is 2. The number of halogens is 2. The topological polar surface area (TPSA) is 64.9 Å². The lowest BCUT2D eigenvalue weighted by Gasteiger charge is -2.18. The van der Waals surface area contributed by atoms with Crippen LogP contribution in [0.5, 0.6) is 0 Å².